The molecule has 0 saturated heterocycles. The number of hydrogen-bond donors (Lipinski definition) is 1. The topological polar surface area (TPSA) is 30.5 Å². The van der Waals surface area contributed by atoms with Crippen LogP contribution in [0, 0.1) is 5.82 Å². The maximum absolute atomic E-state index is 14.0. The first-order chi connectivity index (χ1) is 14.2. The van der Waals surface area contributed by atoms with E-state index >= 15 is 0 Å². The zero-order chi connectivity index (χ0) is 20.5. The first-order valence-electron chi connectivity index (χ1n) is 10.7. The van der Waals surface area contributed by atoms with E-state index in [2.05, 4.69) is 5.32 Å². The van der Waals surface area contributed by atoms with Gasteiger partial charge in [-0.25, -0.2) is 4.39 Å². The van der Waals surface area contributed by atoms with Gasteiger partial charge in [-0.1, -0.05) is 55.8 Å². The molecule has 0 heterocycles. The van der Waals surface area contributed by atoms with Gasteiger partial charge in [0.1, 0.15) is 12.4 Å². The van der Waals surface area contributed by atoms with E-state index in [0.717, 1.165) is 12.1 Å². The maximum Gasteiger partial charge on any atom is 0.161 e. The lowest BCUT2D eigenvalue weighted by Gasteiger charge is -2.21. The summed E-state index contributed by atoms with van der Waals surface area (Å²) in [5, 5.41) is 4.07. The zero-order valence-corrected chi connectivity index (χ0v) is 17.9. The van der Waals surface area contributed by atoms with Crippen LogP contribution in [0.25, 0.3) is 0 Å². The highest BCUT2D eigenvalue weighted by molar-refractivity contribution is 6.31. The van der Waals surface area contributed by atoms with Crippen molar-refractivity contribution in [2.75, 3.05) is 6.61 Å². The Morgan fingerprint density at radius 2 is 1.76 bits per heavy atom. The number of rotatable bonds is 8. The number of benzene rings is 2. The van der Waals surface area contributed by atoms with Gasteiger partial charge >= 0.3 is 0 Å². The minimum absolute atomic E-state index is 0.0608. The van der Waals surface area contributed by atoms with Gasteiger partial charge in [0.05, 0.1) is 11.6 Å². The highest BCUT2D eigenvalue weighted by atomic mass is 35.5. The van der Waals surface area contributed by atoms with E-state index in [1.165, 1.54) is 51.0 Å². The first kappa shape index (κ1) is 21.9. The maximum atomic E-state index is 14.0. The molecule has 3 rings (SSSR count). The second-order valence-electron chi connectivity index (χ2n) is 7.63. The monoisotopic (exact) mass is 419 g/mol. The van der Waals surface area contributed by atoms with Crippen molar-refractivity contribution < 1.29 is 13.9 Å². The van der Waals surface area contributed by atoms with Crippen LogP contribution in [0.1, 0.15) is 63.0 Å². The van der Waals surface area contributed by atoms with Crippen LogP contribution < -0.4 is 14.8 Å². The van der Waals surface area contributed by atoms with Crippen LogP contribution in [0.4, 0.5) is 4.39 Å². The molecule has 1 aliphatic rings. The zero-order valence-electron chi connectivity index (χ0n) is 17.2. The Balaban J connectivity index is 1.63. The summed E-state index contributed by atoms with van der Waals surface area (Å²) >= 11 is 6.10. The van der Waals surface area contributed by atoms with Gasteiger partial charge in [0.2, 0.25) is 0 Å². The third-order valence-electron chi connectivity index (χ3n) is 5.44. The molecule has 0 aromatic heterocycles. The van der Waals surface area contributed by atoms with Gasteiger partial charge in [0, 0.05) is 18.2 Å². The fraction of sp³-hybridized carbons (Fsp3) is 0.500. The van der Waals surface area contributed by atoms with Crippen molar-refractivity contribution >= 4 is 11.6 Å². The highest BCUT2D eigenvalue weighted by Crippen LogP contribution is 2.31. The summed E-state index contributed by atoms with van der Waals surface area (Å²) in [4.78, 5) is 0. The van der Waals surface area contributed by atoms with Crippen LogP contribution in [-0.4, -0.2) is 12.6 Å². The summed E-state index contributed by atoms with van der Waals surface area (Å²) in [6.45, 7) is 3.35. The van der Waals surface area contributed by atoms with Crippen molar-refractivity contribution in [2.24, 2.45) is 0 Å². The van der Waals surface area contributed by atoms with Crippen LogP contribution >= 0.6 is 11.6 Å². The molecule has 0 aliphatic heterocycles. The Labute approximate surface area is 178 Å². The molecule has 1 N–H and O–H groups in total. The molecule has 0 unspecified atom stereocenters. The van der Waals surface area contributed by atoms with E-state index in [0.29, 0.717) is 34.7 Å². The Morgan fingerprint density at radius 3 is 2.48 bits per heavy atom. The smallest absolute Gasteiger partial charge is 0.161 e. The van der Waals surface area contributed by atoms with E-state index < -0.39 is 0 Å². The average Bonchev–Trinajstić information content (AvgIpc) is 2.68. The second-order valence-corrected chi connectivity index (χ2v) is 8.03. The summed E-state index contributed by atoms with van der Waals surface area (Å²) < 4.78 is 25.6. The van der Waals surface area contributed by atoms with Crippen molar-refractivity contribution in [1.29, 1.82) is 0 Å². The Morgan fingerprint density at radius 1 is 1.00 bits per heavy atom. The average molecular weight is 420 g/mol. The molecule has 0 atom stereocenters. The molecule has 2 aromatic rings. The van der Waals surface area contributed by atoms with Gasteiger partial charge < -0.3 is 14.8 Å². The third kappa shape index (κ3) is 6.61. The van der Waals surface area contributed by atoms with E-state index in [9.17, 15) is 4.39 Å². The van der Waals surface area contributed by atoms with E-state index in [1.54, 1.807) is 12.1 Å². The molecular weight excluding hydrogens is 389 g/mol. The fourth-order valence-corrected chi connectivity index (χ4v) is 4.01. The summed E-state index contributed by atoms with van der Waals surface area (Å²) in [7, 11) is 0. The summed E-state index contributed by atoms with van der Waals surface area (Å²) in [6, 6.07) is 11.2. The molecule has 1 aliphatic carbocycles. The van der Waals surface area contributed by atoms with Gasteiger partial charge in [-0.3, -0.25) is 0 Å². The lowest BCUT2D eigenvalue weighted by molar-refractivity contribution is 0.265. The number of hydrogen-bond acceptors (Lipinski definition) is 3. The van der Waals surface area contributed by atoms with Gasteiger partial charge in [-0.2, -0.15) is 0 Å². The molecule has 5 heteroatoms. The molecule has 158 valence electrons. The molecule has 2 aromatic carbocycles. The Kier molecular flexibility index (Phi) is 8.63. The summed E-state index contributed by atoms with van der Waals surface area (Å²) in [5.74, 6) is 0.910. The summed E-state index contributed by atoms with van der Waals surface area (Å²) in [5.41, 5.74) is 1.51. The van der Waals surface area contributed by atoms with Crippen LogP contribution in [0.5, 0.6) is 11.5 Å². The third-order valence-corrected chi connectivity index (χ3v) is 5.80. The Bertz CT molecular complexity index is 755. The van der Waals surface area contributed by atoms with Crippen molar-refractivity contribution in [1.82, 2.24) is 5.32 Å². The molecule has 0 spiro atoms. The van der Waals surface area contributed by atoms with E-state index in [4.69, 9.17) is 21.1 Å². The van der Waals surface area contributed by atoms with Gasteiger partial charge in [-0.15, -0.1) is 0 Å². The van der Waals surface area contributed by atoms with Crippen LogP contribution in [0.2, 0.25) is 5.02 Å². The molecule has 3 nitrogen and oxygen atoms in total. The predicted octanol–water partition coefficient (Wildman–Crippen LogP) is 6.66. The van der Waals surface area contributed by atoms with E-state index in [1.807, 2.05) is 25.1 Å². The van der Waals surface area contributed by atoms with Crippen molar-refractivity contribution in [3.63, 3.8) is 0 Å². The molecule has 1 fully saturated rings. The fourth-order valence-electron chi connectivity index (χ4n) is 3.79. The largest absolute Gasteiger partial charge is 0.490 e. The highest BCUT2D eigenvalue weighted by Gasteiger charge is 2.13. The standard InChI is InChI=1S/C24H31ClFNO2/c1-2-28-24-15-18(16-27-19-9-6-4-3-5-7-10-19)13-14-23(24)29-17-20-21(25)11-8-12-22(20)26/h8,11-15,19,27H,2-7,9-10,16-17H2,1H3. The quantitative estimate of drug-likeness (QED) is 0.519. The Hall–Kier alpha value is -1.78. The molecule has 0 radical (unpaired) electrons. The number of halogens is 2. The molecule has 0 amide bonds. The molecule has 29 heavy (non-hydrogen) atoms. The van der Waals surface area contributed by atoms with Gasteiger partial charge in [0.15, 0.2) is 11.5 Å². The lowest BCUT2D eigenvalue weighted by Crippen LogP contribution is -2.29. The van der Waals surface area contributed by atoms with Crippen LogP contribution in [0.15, 0.2) is 36.4 Å². The van der Waals surface area contributed by atoms with Crippen LogP contribution in [-0.2, 0) is 13.2 Å². The lowest BCUT2D eigenvalue weighted by atomic mass is 9.96. The van der Waals surface area contributed by atoms with Gasteiger partial charge in [-0.05, 0) is 49.6 Å². The van der Waals surface area contributed by atoms with Crippen molar-refractivity contribution in [3.05, 3.63) is 58.4 Å². The second kappa shape index (κ2) is 11.4. The SMILES string of the molecule is CCOc1cc(CNC2CCCCCCC2)ccc1OCc1c(F)cccc1Cl. The minimum Gasteiger partial charge on any atom is -0.490 e. The number of ether oxygens (including phenoxy) is 2. The number of nitrogens with one attached hydrogen (secondary N) is 1. The van der Waals surface area contributed by atoms with Gasteiger partial charge in [0.25, 0.3) is 0 Å². The van der Waals surface area contributed by atoms with Crippen LogP contribution in [0.3, 0.4) is 0 Å². The molecule has 1 saturated carbocycles. The molecular formula is C24H31ClFNO2. The molecule has 0 bridgehead atoms. The van der Waals surface area contributed by atoms with Crippen molar-refractivity contribution in [3.8, 4) is 11.5 Å². The predicted molar refractivity (Wildman–Crippen MR) is 116 cm³/mol. The minimum atomic E-state index is -0.365. The summed E-state index contributed by atoms with van der Waals surface area (Å²) in [6.07, 6.45) is 9.21. The normalized spacial score (nSPS) is 15.6. The van der Waals surface area contributed by atoms with E-state index in [-0.39, 0.29) is 12.4 Å². The first-order valence-corrected chi connectivity index (χ1v) is 11.1. The van der Waals surface area contributed by atoms with Crippen molar-refractivity contribution in [2.45, 2.75) is 71.1 Å².